The average molecular weight is 515 g/mol. The predicted molar refractivity (Wildman–Crippen MR) is 115 cm³/mol. The second-order valence-corrected chi connectivity index (χ2v) is 7.40. The summed E-state index contributed by atoms with van der Waals surface area (Å²) >= 11 is 11.9. The van der Waals surface area contributed by atoms with E-state index in [2.05, 4.69) is 29.9 Å². The number of ether oxygens (including phenoxy) is 2. The summed E-state index contributed by atoms with van der Waals surface area (Å²) in [7, 11) is 0. The topological polar surface area (TPSA) is 136 Å². The van der Waals surface area contributed by atoms with Crippen LogP contribution in [0.2, 0.25) is 10.4 Å². The third-order valence-corrected chi connectivity index (χ3v) is 5.05. The van der Waals surface area contributed by atoms with E-state index in [4.69, 9.17) is 27.9 Å². The Hall–Kier alpha value is -3.65. The van der Waals surface area contributed by atoms with Gasteiger partial charge in [-0.2, -0.15) is 18.9 Å². The van der Waals surface area contributed by atoms with E-state index < -0.39 is 23.1 Å². The van der Waals surface area contributed by atoms with Gasteiger partial charge in [0.1, 0.15) is 11.4 Å². The fourth-order valence-corrected chi connectivity index (χ4v) is 3.52. The number of hydrogen-bond donors (Lipinski definition) is 0. The Bertz CT molecular complexity index is 1360. The fraction of sp³-hybridized carbons (Fsp3) is 0.278. The van der Waals surface area contributed by atoms with Gasteiger partial charge in [0, 0.05) is 25.4 Å². The number of nitro groups is 1. The predicted octanol–water partition coefficient (Wildman–Crippen LogP) is 4.00. The molecule has 0 aliphatic heterocycles. The van der Waals surface area contributed by atoms with Crippen LogP contribution in [-0.4, -0.2) is 52.7 Å². The molecule has 0 saturated carbocycles. The second kappa shape index (κ2) is 9.69. The summed E-state index contributed by atoms with van der Waals surface area (Å²) in [5.41, 5.74) is 0.0500. The highest BCUT2D eigenvalue weighted by Crippen LogP contribution is 2.34. The maximum absolute atomic E-state index is 12.7. The van der Waals surface area contributed by atoms with Gasteiger partial charge >= 0.3 is 18.2 Å². The molecule has 4 aromatic heterocycles. The Morgan fingerprint density at radius 3 is 2.76 bits per heavy atom. The van der Waals surface area contributed by atoms with Gasteiger partial charge in [0.2, 0.25) is 11.2 Å². The molecule has 0 spiro atoms. The van der Waals surface area contributed by atoms with E-state index in [1.165, 1.54) is 36.1 Å². The number of hydrogen-bond acceptors (Lipinski definition) is 9. The van der Waals surface area contributed by atoms with Crippen LogP contribution in [0.3, 0.4) is 0 Å². The van der Waals surface area contributed by atoms with E-state index in [0.29, 0.717) is 24.0 Å². The van der Waals surface area contributed by atoms with E-state index in [1.807, 2.05) is 0 Å². The highest BCUT2D eigenvalue weighted by atomic mass is 35.5. The molecular formula is C18H14Cl2F2N8O4. The lowest BCUT2D eigenvalue weighted by atomic mass is 10.3. The Balaban J connectivity index is 1.53. The first-order valence-electron chi connectivity index (χ1n) is 9.57. The summed E-state index contributed by atoms with van der Waals surface area (Å²) in [6, 6.07) is 2.84. The molecule has 178 valence electrons. The molecule has 0 atom stereocenters. The molecular weight excluding hydrogens is 501 g/mol. The van der Waals surface area contributed by atoms with Gasteiger partial charge in [0.25, 0.3) is 0 Å². The molecule has 0 bridgehead atoms. The zero-order valence-corrected chi connectivity index (χ0v) is 18.7. The van der Waals surface area contributed by atoms with Crippen molar-refractivity contribution >= 4 is 39.9 Å². The fourth-order valence-electron chi connectivity index (χ4n) is 3.17. The molecule has 12 nitrogen and oxygen atoms in total. The molecule has 0 aliphatic carbocycles. The van der Waals surface area contributed by atoms with Crippen molar-refractivity contribution in [3.05, 3.63) is 50.8 Å². The summed E-state index contributed by atoms with van der Waals surface area (Å²) in [4.78, 5) is 22.7. The van der Waals surface area contributed by atoms with Crippen molar-refractivity contribution in [1.82, 2.24) is 34.5 Å². The molecule has 4 aromatic rings. The monoisotopic (exact) mass is 514 g/mol. The van der Waals surface area contributed by atoms with Crippen LogP contribution >= 0.6 is 23.2 Å². The van der Waals surface area contributed by atoms with E-state index in [0.717, 1.165) is 4.68 Å². The lowest BCUT2D eigenvalue weighted by Crippen LogP contribution is -2.09. The van der Waals surface area contributed by atoms with Gasteiger partial charge in [-0.3, -0.25) is 10.1 Å². The van der Waals surface area contributed by atoms with Crippen molar-refractivity contribution in [3.63, 3.8) is 0 Å². The number of aromatic nitrogens is 7. The molecule has 4 heterocycles. The van der Waals surface area contributed by atoms with E-state index >= 15 is 0 Å². The summed E-state index contributed by atoms with van der Waals surface area (Å²) in [6.45, 7) is -1.41. The van der Waals surface area contributed by atoms with Crippen LogP contribution in [0.1, 0.15) is 12.1 Å². The molecule has 4 rings (SSSR count). The van der Waals surface area contributed by atoms with Gasteiger partial charge in [-0.25, -0.2) is 19.3 Å². The number of halogens is 4. The Labute approximate surface area is 199 Å². The Morgan fingerprint density at radius 1 is 1.24 bits per heavy atom. The van der Waals surface area contributed by atoms with E-state index in [-0.39, 0.29) is 34.3 Å². The number of fused-ring (bicyclic) bond motifs is 1. The second-order valence-electron chi connectivity index (χ2n) is 6.71. The highest BCUT2D eigenvalue weighted by molar-refractivity contribution is 6.34. The van der Waals surface area contributed by atoms with Crippen LogP contribution in [0, 0.1) is 17.0 Å². The zero-order chi connectivity index (χ0) is 24.4. The van der Waals surface area contributed by atoms with Crippen molar-refractivity contribution in [1.29, 1.82) is 0 Å². The van der Waals surface area contributed by atoms with E-state index in [1.54, 1.807) is 0 Å². The third-order valence-electron chi connectivity index (χ3n) is 4.58. The highest BCUT2D eigenvalue weighted by Gasteiger charge is 2.29. The first-order valence-corrected chi connectivity index (χ1v) is 10.3. The Kier molecular flexibility index (Phi) is 6.70. The zero-order valence-electron chi connectivity index (χ0n) is 17.2. The standard InChI is InChI=1S/C18H14Cl2F2N8O4/c1-9-12(30(31)32)16(27-29(9)11-4-2-5-23-15(11)34-18(21)22)33-7-3-6-28-14-10(13(19)26-28)8-24-17(20)25-14/h2,4-5,8,18H,3,6-7H2,1H3. The smallest absolute Gasteiger partial charge is 0.388 e. The summed E-state index contributed by atoms with van der Waals surface area (Å²) in [5, 5.41) is 20.6. The molecule has 34 heavy (non-hydrogen) atoms. The Morgan fingerprint density at radius 2 is 2.03 bits per heavy atom. The van der Waals surface area contributed by atoms with Crippen molar-refractivity contribution < 1.29 is 23.2 Å². The van der Waals surface area contributed by atoms with Gasteiger partial charge in [-0.1, -0.05) is 11.6 Å². The third kappa shape index (κ3) is 4.68. The summed E-state index contributed by atoms with van der Waals surface area (Å²) < 4.78 is 38.0. The number of pyridine rings is 1. The lowest BCUT2D eigenvalue weighted by molar-refractivity contribution is -0.386. The molecule has 16 heteroatoms. The van der Waals surface area contributed by atoms with Crippen molar-refractivity contribution in [3.8, 4) is 17.4 Å². The molecule has 0 aliphatic rings. The summed E-state index contributed by atoms with van der Waals surface area (Å²) in [6.07, 6.45) is 3.05. The first kappa shape index (κ1) is 23.5. The van der Waals surface area contributed by atoms with Crippen LogP contribution < -0.4 is 9.47 Å². The summed E-state index contributed by atoms with van der Waals surface area (Å²) in [5.74, 6) is -0.726. The molecule has 0 saturated heterocycles. The number of nitrogens with zero attached hydrogens (tertiary/aromatic N) is 8. The average Bonchev–Trinajstić information content (AvgIpc) is 3.27. The number of alkyl halides is 2. The molecule has 0 N–H and O–H groups in total. The first-order chi connectivity index (χ1) is 16.3. The molecule has 0 fully saturated rings. The van der Waals surface area contributed by atoms with Crippen LogP contribution in [0.4, 0.5) is 14.5 Å². The van der Waals surface area contributed by atoms with Gasteiger partial charge in [0.05, 0.1) is 16.9 Å². The minimum absolute atomic E-state index is 0.00698. The quantitative estimate of drug-likeness (QED) is 0.140. The van der Waals surface area contributed by atoms with Crippen molar-refractivity contribution in [2.75, 3.05) is 6.61 Å². The van der Waals surface area contributed by atoms with Crippen LogP contribution in [0.5, 0.6) is 11.8 Å². The SMILES string of the molecule is Cc1c([N+](=O)[O-])c(OCCCn2nc(Cl)c3cnc(Cl)nc32)nn1-c1cccnc1OC(F)F. The van der Waals surface area contributed by atoms with Crippen molar-refractivity contribution in [2.45, 2.75) is 26.5 Å². The van der Waals surface area contributed by atoms with Gasteiger partial charge in [-0.05, 0) is 30.7 Å². The van der Waals surface area contributed by atoms with Gasteiger partial charge in [0.15, 0.2) is 10.8 Å². The largest absolute Gasteiger partial charge is 0.472 e. The maximum Gasteiger partial charge on any atom is 0.388 e. The van der Waals surface area contributed by atoms with Crippen LogP contribution in [-0.2, 0) is 6.54 Å². The molecule has 0 amide bonds. The normalized spacial score (nSPS) is 11.4. The van der Waals surface area contributed by atoms with Crippen LogP contribution in [0.25, 0.3) is 16.7 Å². The lowest BCUT2D eigenvalue weighted by Gasteiger charge is -2.09. The minimum Gasteiger partial charge on any atom is -0.472 e. The van der Waals surface area contributed by atoms with Gasteiger partial charge < -0.3 is 9.47 Å². The van der Waals surface area contributed by atoms with Crippen LogP contribution in [0.15, 0.2) is 24.5 Å². The molecule has 0 aromatic carbocycles. The number of rotatable bonds is 9. The molecule has 0 radical (unpaired) electrons. The van der Waals surface area contributed by atoms with Gasteiger partial charge in [-0.15, -0.1) is 5.10 Å². The van der Waals surface area contributed by atoms with E-state index in [9.17, 15) is 18.9 Å². The molecule has 0 unspecified atom stereocenters. The number of aryl methyl sites for hydroxylation is 1. The van der Waals surface area contributed by atoms with Crippen molar-refractivity contribution in [2.24, 2.45) is 0 Å². The minimum atomic E-state index is -3.14. The maximum atomic E-state index is 12.7.